The minimum absolute atomic E-state index is 0.0342. The zero-order valence-electron chi connectivity index (χ0n) is 15.3. The molecule has 0 bridgehead atoms. The highest BCUT2D eigenvalue weighted by molar-refractivity contribution is 6.37. The van der Waals surface area contributed by atoms with E-state index in [4.69, 9.17) is 11.6 Å². The Bertz CT molecular complexity index is 631. The number of rotatable bonds is 11. The van der Waals surface area contributed by atoms with Crippen LogP contribution in [0.3, 0.4) is 0 Å². The van der Waals surface area contributed by atoms with E-state index in [2.05, 4.69) is 6.92 Å². The quantitative estimate of drug-likeness (QED) is 0.400. The third-order valence-corrected chi connectivity index (χ3v) is 5.22. The average molecular weight is 361 g/mol. The maximum Gasteiger partial charge on any atom is 0.189 e. The van der Waals surface area contributed by atoms with Gasteiger partial charge < -0.3 is 0 Å². The van der Waals surface area contributed by atoms with Crippen molar-refractivity contribution in [2.45, 2.75) is 77.6 Å². The molecule has 0 fully saturated rings. The van der Waals surface area contributed by atoms with Gasteiger partial charge >= 0.3 is 0 Å². The molecule has 0 N–H and O–H groups in total. The van der Waals surface area contributed by atoms with Crippen molar-refractivity contribution in [2.75, 3.05) is 0 Å². The molecule has 0 atom stereocenters. The molecule has 1 aliphatic carbocycles. The molecule has 136 valence electrons. The first-order valence-corrected chi connectivity index (χ1v) is 10.1. The number of benzene rings is 1. The molecule has 0 aliphatic heterocycles. The van der Waals surface area contributed by atoms with Crippen LogP contribution in [-0.2, 0) is 0 Å². The number of allylic oxidation sites excluding steroid dienone is 2. The molecule has 0 unspecified atom stereocenters. The zero-order valence-corrected chi connectivity index (χ0v) is 16.0. The third-order valence-electron chi connectivity index (χ3n) is 4.90. The van der Waals surface area contributed by atoms with Gasteiger partial charge in [0.1, 0.15) is 0 Å². The number of Topliss-reactive ketones (excluding diaryl/α,β-unsaturated/α-hetero) is 1. The van der Waals surface area contributed by atoms with E-state index in [0.29, 0.717) is 28.1 Å². The molecule has 2 rings (SSSR count). The second-order valence-electron chi connectivity index (χ2n) is 6.96. The number of halogens is 1. The Morgan fingerprint density at radius 2 is 1.44 bits per heavy atom. The van der Waals surface area contributed by atoms with Crippen LogP contribution in [-0.4, -0.2) is 11.6 Å². The highest BCUT2D eigenvalue weighted by atomic mass is 35.5. The SMILES string of the molecule is CCCCCCCCCCCCC1=CC(=O)c2c(Cl)cccc2C1=O. The number of fused-ring (bicyclic) bond motifs is 1. The monoisotopic (exact) mass is 360 g/mol. The van der Waals surface area contributed by atoms with Crippen LogP contribution in [0.1, 0.15) is 98.3 Å². The van der Waals surface area contributed by atoms with Crippen molar-refractivity contribution in [2.24, 2.45) is 0 Å². The first kappa shape index (κ1) is 19.9. The van der Waals surface area contributed by atoms with Crippen LogP contribution in [0.5, 0.6) is 0 Å². The lowest BCUT2D eigenvalue weighted by atomic mass is 9.87. The van der Waals surface area contributed by atoms with Crippen molar-refractivity contribution < 1.29 is 9.59 Å². The predicted molar refractivity (Wildman–Crippen MR) is 105 cm³/mol. The van der Waals surface area contributed by atoms with E-state index in [9.17, 15) is 9.59 Å². The van der Waals surface area contributed by atoms with E-state index >= 15 is 0 Å². The van der Waals surface area contributed by atoms with Gasteiger partial charge in [-0.15, -0.1) is 0 Å². The standard InChI is InChI=1S/C22H29ClO2/c1-2-3-4-5-6-7-8-9-10-11-13-17-16-20(24)21-18(22(17)25)14-12-15-19(21)23/h12,14-16H,2-11,13H2,1H3. The normalized spacial score (nSPS) is 13.8. The Morgan fingerprint density at radius 1 is 0.840 bits per heavy atom. The zero-order chi connectivity index (χ0) is 18.1. The molecule has 2 nitrogen and oxygen atoms in total. The number of ketones is 2. The molecule has 0 saturated carbocycles. The van der Waals surface area contributed by atoms with Crippen LogP contribution in [0.2, 0.25) is 5.02 Å². The fourth-order valence-electron chi connectivity index (χ4n) is 3.42. The molecule has 0 heterocycles. The number of unbranched alkanes of at least 4 members (excludes halogenated alkanes) is 9. The summed E-state index contributed by atoms with van der Waals surface area (Å²) in [5.74, 6) is -0.171. The maximum absolute atomic E-state index is 12.5. The fourth-order valence-corrected chi connectivity index (χ4v) is 3.69. The van der Waals surface area contributed by atoms with Gasteiger partial charge in [-0.2, -0.15) is 0 Å². The summed E-state index contributed by atoms with van der Waals surface area (Å²) in [5.41, 5.74) is 1.46. The van der Waals surface area contributed by atoms with E-state index in [0.717, 1.165) is 12.8 Å². The molecular formula is C22H29ClO2. The predicted octanol–water partition coefficient (Wildman–Crippen LogP) is 6.96. The number of carbonyl (C=O) groups is 2. The molecule has 0 aromatic heterocycles. The summed E-state index contributed by atoms with van der Waals surface area (Å²) in [6, 6.07) is 5.09. The molecule has 0 spiro atoms. The van der Waals surface area contributed by atoms with E-state index in [1.165, 1.54) is 57.4 Å². The lowest BCUT2D eigenvalue weighted by Crippen LogP contribution is -2.17. The molecule has 1 aromatic carbocycles. The molecule has 0 saturated heterocycles. The topological polar surface area (TPSA) is 34.1 Å². The van der Waals surface area contributed by atoms with Crippen molar-refractivity contribution in [1.82, 2.24) is 0 Å². The lowest BCUT2D eigenvalue weighted by Gasteiger charge is -2.16. The number of hydrogen-bond acceptors (Lipinski definition) is 2. The van der Waals surface area contributed by atoms with Crippen LogP contribution < -0.4 is 0 Å². The number of carbonyl (C=O) groups excluding carboxylic acids is 2. The Hall–Kier alpha value is -1.41. The second kappa shape index (κ2) is 10.6. The maximum atomic E-state index is 12.5. The van der Waals surface area contributed by atoms with Crippen molar-refractivity contribution >= 4 is 23.2 Å². The average Bonchev–Trinajstić information content (AvgIpc) is 2.60. The molecule has 1 aromatic rings. The van der Waals surface area contributed by atoms with Crippen LogP contribution in [0.4, 0.5) is 0 Å². The van der Waals surface area contributed by atoms with Gasteiger partial charge in [-0.1, -0.05) is 88.4 Å². The van der Waals surface area contributed by atoms with Gasteiger partial charge in [-0.05, 0) is 25.0 Å². The Labute approximate surface area is 156 Å². The summed E-state index contributed by atoms with van der Waals surface area (Å²) in [6.07, 6.45) is 14.8. The summed E-state index contributed by atoms with van der Waals surface area (Å²) in [4.78, 5) is 24.8. The molecule has 0 radical (unpaired) electrons. The molecular weight excluding hydrogens is 332 g/mol. The molecule has 1 aliphatic rings. The van der Waals surface area contributed by atoms with Crippen molar-refractivity contribution in [3.63, 3.8) is 0 Å². The highest BCUT2D eigenvalue weighted by Gasteiger charge is 2.26. The highest BCUT2D eigenvalue weighted by Crippen LogP contribution is 2.29. The van der Waals surface area contributed by atoms with Gasteiger partial charge in [0.15, 0.2) is 11.6 Å². The van der Waals surface area contributed by atoms with Crippen LogP contribution in [0.15, 0.2) is 29.8 Å². The fraction of sp³-hybridized carbons (Fsp3) is 0.545. The Kier molecular flexibility index (Phi) is 8.40. The minimum Gasteiger partial charge on any atom is -0.289 e. The lowest BCUT2D eigenvalue weighted by molar-refractivity contribution is 0.0981. The summed E-state index contributed by atoms with van der Waals surface area (Å²) in [7, 11) is 0. The summed E-state index contributed by atoms with van der Waals surface area (Å²) in [5, 5.41) is 0.366. The first-order valence-electron chi connectivity index (χ1n) is 9.73. The van der Waals surface area contributed by atoms with E-state index < -0.39 is 0 Å². The van der Waals surface area contributed by atoms with Gasteiger partial charge in [0.05, 0.1) is 10.6 Å². The van der Waals surface area contributed by atoms with Crippen molar-refractivity contribution in [1.29, 1.82) is 0 Å². The third kappa shape index (κ3) is 5.81. The molecule has 25 heavy (non-hydrogen) atoms. The van der Waals surface area contributed by atoms with Gasteiger partial charge in [0.2, 0.25) is 0 Å². The van der Waals surface area contributed by atoms with E-state index in [1.807, 2.05) is 0 Å². The smallest absolute Gasteiger partial charge is 0.189 e. The minimum atomic E-state index is -0.137. The van der Waals surface area contributed by atoms with Gasteiger partial charge in [-0.3, -0.25) is 9.59 Å². The van der Waals surface area contributed by atoms with Crippen LogP contribution >= 0.6 is 11.6 Å². The van der Waals surface area contributed by atoms with Gasteiger partial charge in [0, 0.05) is 11.1 Å². The first-order chi connectivity index (χ1) is 12.1. The largest absolute Gasteiger partial charge is 0.289 e. The van der Waals surface area contributed by atoms with Crippen molar-refractivity contribution in [3.8, 4) is 0 Å². The second-order valence-corrected chi connectivity index (χ2v) is 7.36. The number of hydrogen-bond donors (Lipinski definition) is 0. The summed E-state index contributed by atoms with van der Waals surface area (Å²) in [6.45, 7) is 2.24. The van der Waals surface area contributed by atoms with E-state index in [-0.39, 0.29) is 11.6 Å². The van der Waals surface area contributed by atoms with Gasteiger partial charge in [-0.25, -0.2) is 0 Å². The van der Waals surface area contributed by atoms with Gasteiger partial charge in [0.25, 0.3) is 0 Å². The van der Waals surface area contributed by atoms with Crippen molar-refractivity contribution in [3.05, 3.63) is 46.0 Å². The van der Waals surface area contributed by atoms with Crippen LogP contribution in [0.25, 0.3) is 0 Å². The van der Waals surface area contributed by atoms with Crippen LogP contribution in [0, 0.1) is 0 Å². The summed E-state index contributed by atoms with van der Waals surface area (Å²) < 4.78 is 0. The molecule has 3 heteroatoms. The summed E-state index contributed by atoms with van der Waals surface area (Å²) >= 11 is 6.06. The Balaban J connectivity index is 1.69. The Morgan fingerprint density at radius 3 is 2.08 bits per heavy atom. The molecule has 0 amide bonds. The van der Waals surface area contributed by atoms with E-state index in [1.54, 1.807) is 18.2 Å².